The summed E-state index contributed by atoms with van der Waals surface area (Å²) >= 11 is 0. The second-order valence-electron chi connectivity index (χ2n) is 3.81. The van der Waals surface area contributed by atoms with Gasteiger partial charge in [-0.15, -0.1) is 0 Å². The van der Waals surface area contributed by atoms with Gasteiger partial charge in [0.25, 0.3) is 0 Å². The molecule has 2 rings (SSSR count). The van der Waals surface area contributed by atoms with Crippen LogP contribution >= 0.6 is 0 Å². The first-order chi connectivity index (χ1) is 9.29. The number of benzene rings is 1. The fourth-order valence-corrected chi connectivity index (χ4v) is 1.40. The summed E-state index contributed by atoms with van der Waals surface area (Å²) in [6.45, 7) is 0. The Bertz CT molecular complexity index is 622. The predicted molar refractivity (Wildman–Crippen MR) is 61.2 cm³/mol. The van der Waals surface area contributed by atoms with Crippen molar-refractivity contribution in [2.75, 3.05) is 11.9 Å². The third kappa shape index (κ3) is 2.71. The van der Waals surface area contributed by atoms with Crippen LogP contribution in [-0.2, 0) is 6.18 Å². The fraction of sp³-hybridized carbons (Fsp3) is 0.182. The van der Waals surface area contributed by atoms with Gasteiger partial charge in [-0.25, -0.2) is 4.79 Å². The van der Waals surface area contributed by atoms with Gasteiger partial charge in [-0.1, -0.05) is 5.16 Å². The van der Waals surface area contributed by atoms with E-state index in [1.165, 1.54) is 31.3 Å². The van der Waals surface area contributed by atoms with Crippen LogP contribution in [0.25, 0.3) is 11.4 Å². The molecule has 0 fully saturated rings. The molecule has 1 amide bonds. The summed E-state index contributed by atoms with van der Waals surface area (Å²) in [5.41, 5.74) is 0.646. The smallest absolute Gasteiger partial charge is 0.465 e. The highest BCUT2D eigenvalue weighted by atomic mass is 19.4. The molecule has 1 heterocycles. The number of amides is 1. The maximum Gasteiger partial charge on any atom is 0.471 e. The minimum atomic E-state index is -4.70. The Morgan fingerprint density at radius 1 is 1.30 bits per heavy atom. The Morgan fingerprint density at radius 2 is 1.90 bits per heavy atom. The fourth-order valence-electron chi connectivity index (χ4n) is 1.40. The van der Waals surface area contributed by atoms with Crippen LogP contribution in [0.2, 0.25) is 0 Å². The van der Waals surface area contributed by atoms with Gasteiger partial charge in [-0.2, -0.15) is 18.2 Å². The van der Waals surface area contributed by atoms with Crippen molar-refractivity contribution in [2.45, 2.75) is 6.18 Å². The Balaban J connectivity index is 2.26. The molecule has 0 aliphatic carbocycles. The van der Waals surface area contributed by atoms with Gasteiger partial charge in [-0.3, -0.25) is 4.90 Å². The highest BCUT2D eigenvalue weighted by molar-refractivity contribution is 5.85. The molecule has 20 heavy (non-hydrogen) atoms. The molecule has 1 aromatic carbocycles. The van der Waals surface area contributed by atoms with Gasteiger partial charge in [0.2, 0.25) is 5.82 Å². The molecule has 0 radical (unpaired) electrons. The number of hydrogen-bond acceptors (Lipinski definition) is 4. The number of halogens is 3. The number of carboxylic acid groups (broad SMARTS) is 1. The largest absolute Gasteiger partial charge is 0.471 e. The van der Waals surface area contributed by atoms with Crippen molar-refractivity contribution in [1.82, 2.24) is 10.1 Å². The number of alkyl halides is 3. The SMILES string of the molecule is CN(C(=O)O)c1ccc(-c2noc(C(F)(F)F)n2)cc1. The molecule has 0 aliphatic rings. The predicted octanol–water partition coefficient (Wildman–Crippen LogP) is 2.87. The van der Waals surface area contributed by atoms with Crippen molar-refractivity contribution >= 4 is 11.8 Å². The number of nitrogens with zero attached hydrogens (tertiary/aromatic N) is 3. The summed E-state index contributed by atoms with van der Waals surface area (Å²) in [4.78, 5) is 14.9. The lowest BCUT2D eigenvalue weighted by Crippen LogP contribution is -2.23. The number of aromatic nitrogens is 2. The highest BCUT2D eigenvalue weighted by Crippen LogP contribution is 2.29. The second kappa shape index (κ2) is 4.83. The average molecular weight is 287 g/mol. The van der Waals surface area contributed by atoms with Crippen LogP contribution in [0.1, 0.15) is 5.89 Å². The van der Waals surface area contributed by atoms with E-state index in [0.29, 0.717) is 5.69 Å². The summed E-state index contributed by atoms with van der Waals surface area (Å²) in [6, 6.07) is 5.65. The maximum atomic E-state index is 12.3. The van der Waals surface area contributed by atoms with E-state index in [1.807, 2.05) is 0 Å². The van der Waals surface area contributed by atoms with Gasteiger partial charge in [0.15, 0.2) is 0 Å². The van der Waals surface area contributed by atoms with Gasteiger partial charge in [0, 0.05) is 18.3 Å². The van der Waals surface area contributed by atoms with Crippen LogP contribution in [0.3, 0.4) is 0 Å². The monoisotopic (exact) mass is 287 g/mol. The molecule has 1 N–H and O–H groups in total. The van der Waals surface area contributed by atoms with Crippen LogP contribution in [0.15, 0.2) is 28.8 Å². The van der Waals surface area contributed by atoms with Crippen LogP contribution in [-0.4, -0.2) is 28.4 Å². The van der Waals surface area contributed by atoms with Crippen molar-refractivity contribution in [2.24, 2.45) is 0 Å². The number of rotatable bonds is 2. The summed E-state index contributed by atoms with van der Waals surface area (Å²) in [6.07, 6.45) is -5.86. The number of anilines is 1. The minimum absolute atomic E-state index is 0.221. The molecule has 9 heteroatoms. The van der Waals surface area contributed by atoms with E-state index < -0.39 is 18.2 Å². The molecule has 1 aromatic heterocycles. The lowest BCUT2D eigenvalue weighted by Gasteiger charge is -2.12. The third-order valence-electron chi connectivity index (χ3n) is 2.47. The van der Waals surface area contributed by atoms with Gasteiger partial charge in [0.05, 0.1) is 0 Å². The van der Waals surface area contributed by atoms with Gasteiger partial charge >= 0.3 is 18.2 Å². The Hall–Kier alpha value is -2.58. The molecule has 6 nitrogen and oxygen atoms in total. The maximum absolute atomic E-state index is 12.3. The van der Waals surface area contributed by atoms with E-state index in [0.717, 1.165) is 4.90 Å². The first kappa shape index (κ1) is 13.8. The summed E-state index contributed by atoms with van der Waals surface area (Å²) in [5.74, 6) is -1.65. The highest BCUT2D eigenvalue weighted by Gasteiger charge is 2.38. The van der Waals surface area contributed by atoms with Crippen LogP contribution in [0.5, 0.6) is 0 Å². The molecule has 0 aliphatic heterocycles. The zero-order valence-corrected chi connectivity index (χ0v) is 10.0. The molecule has 0 atom stereocenters. The van der Waals surface area contributed by atoms with E-state index >= 15 is 0 Å². The molecule has 0 unspecified atom stereocenters. The number of hydrogen-bond donors (Lipinski definition) is 1. The van der Waals surface area contributed by atoms with Gasteiger partial charge in [-0.05, 0) is 24.3 Å². The van der Waals surface area contributed by atoms with Crippen molar-refractivity contribution in [1.29, 1.82) is 0 Å². The van der Waals surface area contributed by atoms with E-state index in [9.17, 15) is 18.0 Å². The van der Waals surface area contributed by atoms with E-state index in [-0.39, 0.29) is 11.4 Å². The normalized spacial score (nSPS) is 11.4. The average Bonchev–Trinajstić information content (AvgIpc) is 2.87. The summed E-state index contributed by atoms with van der Waals surface area (Å²) < 4.78 is 41.0. The lowest BCUT2D eigenvalue weighted by atomic mass is 10.2. The molecule has 106 valence electrons. The minimum Gasteiger partial charge on any atom is -0.465 e. The van der Waals surface area contributed by atoms with Crippen molar-refractivity contribution in [3.8, 4) is 11.4 Å². The molecular weight excluding hydrogens is 279 g/mol. The van der Waals surface area contributed by atoms with Crippen molar-refractivity contribution in [3.63, 3.8) is 0 Å². The zero-order chi connectivity index (χ0) is 14.9. The molecule has 2 aromatic rings. The van der Waals surface area contributed by atoms with Crippen molar-refractivity contribution < 1.29 is 27.6 Å². The Kier molecular flexibility index (Phi) is 3.35. The van der Waals surface area contributed by atoms with E-state index in [1.54, 1.807) is 0 Å². The standard InChI is InChI=1S/C11H8F3N3O3/c1-17(10(18)19)7-4-2-6(3-5-7)8-15-9(20-16-8)11(12,13)14/h2-5H,1H3,(H,18,19). The van der Waals surface area contributed by atoms with Gasteiger partial charge < -0.3 is 9.63 Å². The van der Waals surface area contributed by atoms with E-state index in [2.05, 4.69) is 14.7 Å². The molecule has 0 saturated carbocycles. The first-order valence-electron chi connectivity index (χ1n) is 5.27. The Labute approximate surface area is 110 Å². The topological polar surface area (TPSA) is 79.5 Å². The van der Waals surface area contributed by atoms with Gasteiger partial charge in [0.1, 0.15) is 0 Å². The molecule has 0 bridgehead atoms. The summed E-state index contributed by atoms with van der Waals surface area (Å²) in [5, 5.41) is 12.0. The van der Waals surface area contributed by atoms with Crippen LogP contribution in [0.4, 0.5) is 23.7 Å². The molecular formula is C11H8F3N3O3. The Morgan fingerprint density at radius 3 is 2.35 bits per heavy atom. The quantitative estimate of drug-likeness (QED) is 0.918. The molecule has 0 spiro atoms. The third-order valence-corrected chi connectivity index (χ3v) is 2.47. The first-order valence-corrected chi connectivity index (χ1v) is 5.27. The molecule has 0 saturated heterocycles. The second-order valence-corrected chi connectivity index (χ2v) is 3.81. The van der Waals surface area contributed by atoms with E-state index in [4.69, 9.17) is 5.11 Å². The van der Waals surface area contributed by atoms with Crippen molar-refractivity contribution in [3.05, 3.63) is 30.2 Å². The van der Waals surface area contributed by atoms with Crippen LogP contribution in [0, 0.1) is 0 Å². The lowest BCUT2D eigenvalue weighted by molar-refractivity contribution is -0.159. The zero-order valence-electron chi connectivity index (χ0n) is 10.0. The number of carbonyl (C=O) groups is 1. The summed E-state index contributed by atoms with van der Waals surface area (Å²) in [7, 11) is 1.34. The van der Waals surface area contributed by atoms with Crippen LogP contribution < -0.4 is 4.90 Å².